The normalized spacial score (nSPS) is 13.9. The molecule has 3 rings (SSSR count). The molecule has 5 heteroatoms. The van der Waals surface area contributed by atoms with E-state index in [1.165, 1.54) is 12.1 Å². The number of halogens is 1. The summed E-state index contributed by atoms with van der Waals surface area (Å²) in [5.41, 5.74) is 2.69. The number of hydrogen-bond acceptors (Lipinski definition) is 2. The molecule has 2 aromatic rings. The van der Waals surface area contributed by atoms with Crippen molar-refractivity contribution >= 4 is 11.8 Å². The average molecular weight is 250 g/mol. The fraction of sp³-hybridized carbons (Fsp3) is 0.250. The van der Waals surface area contributed by atoms with E-state index in [4.69, 9.17) is 0 Å². The molecular weight excluding hydrogens is 239 g/mol. The molecule has 0 atom stereocenters. The van der Waals surface area contributed by atoms with Crippen molar-refractivity contribution in [2.75, 3.05) is 0 Å². The van der Waals surface area contributed by atoms with Crippen molar-refractivity contribution in [2.24, 2.45) is 0 Å². The maximum atomic E-state index is 13.0. The highest BCUT2D eigenvalue weighted by atomic mass is 32.2. The number of nitrogens with one attached hydrogen (secondary N) is 1. The van der Waals surface area contributed by atoms with Crippen LogP contribution in [0.25, 0.3) is 0 Å². The maximum absolute atomic E-state index is 13.0. The zero-order valence-electron chi connectivity index (χ0n) is 9.07. The standard InChI is InChI=1S/C12H11FN2OS/c13-9-3-1-2-8(4-9)5-15-12(16)10-6-17-7-11(10)14-15/h1-4,14H,5-7H2. The number of nitrogens with zero attached hydrogens (tertiary/aromatic N) is 1. The molecule has 2 heterocycles. The number of rotatable bonds is 2. The fourth-order valence-electron chi connectivity index (χ4n) is 2.03. The molecule has 88 valence electrons. The molecule has 1 N–H and O–H groups in total. The van der Waals surface area contributed by atoms with Gasteiger partial charge in [0.1, 0.15) is 5.82 Å². The third-order valence-corrected chi connectivity index (χ3v) is 3.85. The van der Waals surface area contributed by atoms with Gasteiger partial charge in [0.15, 0.2) is 0 Å². The Morgan fingerprint density at radius 3 is 3.06 bits per heavy atom. The predicted molar refractivity (Wildman–Crippen MR) is 65.6 cm³/mol. The Labute approximate surface area is 102 Å². The summed E-state index contributed by atoms with van der Waals surface area (Å²) >= 11 is 1.74. The molecule has 0 aliphatic carbocycles. The second kappa shape index (κ2) is 4.07. The highest BCUT2D eigenvalue weighted by Crippen LogP contribution is 2.25. The molecule has 1 aliphatic heterocycles. The molecule has 0 spiro atoms. The molecule has 3 nitrogen and oxygen atoms in total. The average Bonchev–Trinajstić information content (AvgIpc) is 2.84. The zero-order chi connectivity index (χ0) is 11.8. The van der Waals surface area contributed by atoms with Crippen LogP contribution in [0.1, 0.15) is 16.8 Å². The van der Waals surface area contributed by atoms with Gasteiger partial charge in [-0.25, -0.2) is 9.07 Å². The summed E-state index contributed by atoms with van der Waals surface area (Å²) in [5.74, 6) is 1.37. The summed E-state index contributed by atoms with van der Waals surface area (Å²) in [6.45, 7) is 0.397. The summed E-state index contributed by atoms with van der Waals surface area (Å²) in [6.07, 6.45) is 0. The van der Waals surface area contributed by atoms with E-state index < -0.39 is 0 Å². The van der Waals surface area contributed by atoms with Crippen molar-refractivity contribution in [2.45, 2.75) is 18.1 Å². The van der Waals surface area contributed by atoms with E-state index in [1.54, 1.807) is 22.5 Å². The van der Waals surface area contributed by atoms with E-state index in [9.17, 15) is 9.18 Å². The molecule has 0 radical (unpaired) electrons. The number of aromatic amines is 1. The highest BCUT2D eigenvalue weighted by Gasteiger charge is 2.19. The van der Waals surface area contributed by atoms with Gasteiger partial charge in [0.2, 0.25) is 0 Å². The van der Waals surface area contributed by atoms with E-state index in [2.05, 4.69) is 5.10 Å². The van der Waals surface area contributed by atoms with Crippen molar-refractivity contribution in [3.63, 3.8) is 0 Å². The lowest BCUT2D eigenvalue weighted by molar-refractivity contribution is 0.615. The molecule has 1 aromatic heterocycles. The van der Waals surface area contributed by atoms with Gasteiger partial charge in [-0.05, 0) is 17.7 Å². The minimum Gasteiger partial charge on any atom is -0.298 e. The van der Waals surface area contributed by atoms with E-state index >= 15 is 0 Å². The Kier molecular flexibility index (Phi) is 2.55. The van der Waals surface area contributed by atoms with Gasteiger partial charge in [-0.1, -0.05) is 12.1 Å². The van der Waals surface area contributed by atoms with Crippen LogP contribution in [0.2, 0.25) is 0 Å². The second-order valence-electron chi connectivity index (χ2n) is 4.08. The first kappa shape index (κ1) is 10.7. The van der Waals surface area contributed by atoms with Gasteiger partial charge in [-0.2, -0.15) is 11.8 Å². The quantitative estimate of drug-likeness (QED) is 0.886. The summed E-state index contributed by atoms with van der Waals surface area (Å²) < 4.78 is 14.6. The van der Waals surface area contributed by atoms with Gasteiger partial charge in [0.25, 0.3) is 5.56 Å². The molecule has 0 saturated heterocycles. The Morgan fingerprint density at radius 2 is 2.29 bits per heavy atom. The first-order valence-electron chi connectivity index (χ1n) is 5.37. The molecular formula is C12H11FN2OS. The monoisotopic (exact) mass is 250 g/mol. The largest absolute Gasteiger partial charge is 0.298 e. The van der Waals surface area contributed by atoms with Crippen molar-refractivity contribution in [1.29, 1.82) is 0 Å². The van der Waals surface area contributed by atoms with Crippen LogP contribution in [0.15, 0.2) is 29.1 Å². The lowest BCUT2D eigenvalue weighted by Crippen LogP contribution is -2.19. The van der Waals surface area contributed by atoms with Crippen LogP contribution in [0.4, 0.5) is 4.39 Å². The minimum absolute atomic E-state index is 0.0225. The van der Waals surface area contributed by atoms with Gasteiger partial charge in [-0.3, -0.25) is 9.89 Å². The zero-order valence-corrected chi connectivity index (χ0v) is 9.89. The number of H-pyrrole nitrogens is 1. The second-order valence-corrected chi connectivity index (χ2v) is 5.07. The van der Waals surface area contributed by atoms with Gasteiger partial charge in [0, 0.05) is 11.5 Å². The van der Waals surface area contributed by atoms with Crippen molar-refractivity contribution in [3.8, 4) is 0 Å². The fourth-order valence-corrected chi connectivity index (χ4v) is 3.07. The van der Waals surface area contributed by atoms with Crippen LogP contribution in [-0.2, 0) is 18.1 Å². The van der Waals surface area contributed by atoms with Crippen LogP contribution in [0, 0.1) is 5.82 Å². The van der Waals surface area contributed by atoms with E-state index in [0.29, 0.717) is 6.54 Å². The molecule has 1 aliphatic rings. The summed E-state index contributed by atoms with van der Waals surface area (Å²) in [6, 6.07) is 6.32. The topological polar surface area (TPSA) is 37.8 Å². The number of fused-ring (bicyclic) bond motifs is 1. The lowest BCUT2D eigenvalue weighted by atomic mass is 10.2. The van der Waals surface area contributed by atoms with Crippen LogP contribution in [0.3, 0.4) is 0 Å². The smallest absolute Gasteiger partial charge is 0.271 e. The van der Waals surface area contributed by atoms with Crippen LogP contribution in [-0.4, -0.2) is 9.78 Å². The number of aromatic nitrogens is 2. The summed E-state index contributed by atoms with van der Waals surface area (Å²) in [4.78, 5) is 12.0. The Bertz CT molecular complexity index is 617. The van der Waals surface area contributed by atoms with Gasteiger partial charge in [0.05, 0.1) is 17.8 Å². The first-order valence-corrected chi connectivity index (χ1v) is 6.52. The SMILES string of the molecule is O=c1c2c([nH]n1Cc1cccc(F)c1)CSC2. The van der Waals surface area contributed by atoms with Crippen molar-refractivity contribution in [3.05, 3.63) is 57.3 Å². The molecule has 0 amide bonds. The van der Waals surface area contributed by atoms with E-state index in [1.807, 2.05) is 6.07 Å². The number of hydrogen-bond donors (Lipinski definition) is 1. The van der Waals surface area contributed by atoms with Gasteiger partial charge >= 0.3 is 0 Å². The van der Waals surface area contributed by atoms with E-state index in [-0.39, 0.29) is 11.4 Å². The maximum Gasteiger partial charge on any atom is 0.271 e. The van der Waals surface area contributed by atoms with E-state index in [0.717, 1.165) is 28.3 Å². The first-order chi connectivity index (χ1) is 8.24. The predicted octanol–water partition coefficient (Wildman–Crippen LogP) is 2.11. The third kappa shape index (κ3) is 1.91. The molecule has 0 bridgehead atoms. The lowest BCUT2D eigenvalue weighted by Gasteiger charge is -2.02. The molecule has 0 saturated carbocycles. The van der Waals surface area contributed by atoms with Crippen LogP contribution in [0.5, 0.6) is 0 Å². The van der Waals surface area contributed by atoms with Crippen LogP contribution < -0.4 is 5.56 Å². The molecule has 1 aromatic carbocycles. The Balaban J connectivity index is 1.94. The Morgan fingerprint density at radius 1 is 1.41 bits per heavy atom. The molecule has 0 fully saturated rings. The van der Waals surface area contributed by atoms with Crippen molar-refractivity contribution in [1.82, 2.24) is 9.78 Å². The van der Waals surface area contributed by atoms with Crippen molar-refractivity contribution < 1.29 is 4.39 Å². The van der Waals surface area contributed by atoms with Crippen LogP contribution >= 0.6 is 11.8 Å². The van der Waals surface area contributed by atoms with Gasteiger partial charge in [-0.15, -0.1) is 0 Å². The number of benzene rings is 1. The summed E-state index contributed by atoms with van der Waals surface area (Å²) in [7, 11) is 0. The Hall–Kier alpha value is -1.49. The third-order valence-electron chi connectivity index (χ3n) is 2.86. The number of thioether (sulfide) groups is 1. The molecule has 17 heavy (non-hydrogen) atoms. The highest BCUT2D eigenvalue weighted by molar-refractivity contribution is 7.98. The molecule has 0 unspecified atom stereocenters. The minimum atomic E-state index is -0.273. The van der Waals surface area contributed by atoms with Gasteiger partial charge < -0.3 is 0 Å². The summed E-state index contributed by atoms with van der Waals surface area (Å²) in [5, 5.41) is 3.09.